The number of carbonyl (C=O) groups excluding carboxylic acids is 1. The average molecular weight is 355 g/mol. The van der Waals surface area contributed by atoms with Crippen molar-refractivity contribution in [2.75, 3.05) is 18.5 Å². The van der Waals surface area contributed by atoms with Crippen molar-refractivity contribution in [1.82, 2.24) is 19.5 Å². The third-order valence-electron chi connectivity index (χ3n) is 4.70. The second kappa shape index (κ2) is 6.38. The van der Waals surface area contributed by atoms with Crippen molar-refractivity contribution in [3.8, 4) is 0 Å². The first kappa shape index (κ1) is 16.5. The highest BCUT2D eigenvalue weighted by atomic mass is 19.1. The minimum absolute atomic E-state index is 0.142. The maximum Gasteiger partial charge on any atom is 0.272 e. The smallest absolute Gasteiger partial charge is 0.272 e. The first-order valence-electron chi connectivity index (χ1n) is 8.37. The van der Waals surface area contributed by atoms with Crippen molar-refractivity contribution in [1.29, 1.82) is 0 Å². The monoisotopic (exact) mass is 355 g/mol. The van der Waals surface area contributed by atoms with Crippen LogP contribution in [0.5, 0.6) is 0 Å². The number of hydrogen-bond acceptors (Lipinski definition) is 4. The number of aromatic amines is 1. The van der Waals surface area contributed by atoms with E-state index >= 15 is 0 Å². The minimum atomic E-state index is -0.406. The normalized spacial score (nSPS) is 17.6. The van der Waals surface area contributed by atoms with E-state index in [0.717, 1.165) is 0 Å². The van der Waals surface area contributed by atoms with E-state index in [2.05, 4.69) is 10.1 Å². The largest absolute Gasteiger partial charge is 0.308 e. The van der Waals surface area contributed by atoms with E-state index in [0.29, 0.717) is 36.5 Å². The molecule has 1 unspecified atom stereocenters. The Bertz CT molecular complexity index is 1030. The fraction of sp³-hybridized carbons (Fsp3) is 0.278. The van der Waals surface area contributed by atoms with Gasteiger partial charge in [0.1, 0.15) is 5.82 Å². The van der Waals surface area contributed by atoms with Gasteiger partial charge in [-0.1, -0.05) is 12.1 Å². The van der Waals surface area contributed by atoms with Gasteiger partial charge in [-0.3, -0.25) is 19.6 Å². The summed E-state index contributed by atoms with van der Waals surface area (Å²) in [4.78, 5) is 32.6. The molecule has 1 aliphatic rings. The van der Waals surface area contributed by atoms with Crippen LogP contribution in [0.2, 0.25) is 0 Å². The molecule has 4 rings (SSSR count). The predicted molar refractivity (Wildman–Crippen MR) is 94.4 cm³/mol. The van der Waals surface area contributed by atoms with Crippen LogP contribution in [-0.4, -0.2) is 45.0 Å². The molecule has 26 heavy (non-hydrogen) atoms. The number of rotatable bonds is 4. The van der Waals surface area contributed by atoms with Crippen LogP contribution in [0.15, 0.2) is 47.4 Å². The molecule has 0 bridgehead atoms. The Kier molecular flexibility index (Phi) is 4.04. The van der Waals surface area contributed by atoms with Gasteiger partial charge < -0.3 is 4.90 Å². The molecule has 3 heterocycles. The second-order valence-electron chi connectivity index (χ2n) is 6.40. The molecule has 1 aliphatic heterocycles. The lowest BCUT2D eigenvalue weighted by Crippen LogP contribution is -2.39. The van der Waals surface area contributed by atoms with E-state index in [1.54, 1.807) is 30.5 Å². The van der Waals surface area contributed by atoms with Gasteiger partial charge in [-0.15, -0.1) is 0 Å². The number of benzene rings is 1. The Morgan fingerprint density at radius 2 is 2.12 bits per heavy atom. The van der Waals surface area contributed by atoms with Crippen molar-refractivity contribution in [2.24, 2.45) is 0 Å². The van der Waals surface area contributed by atoms with Gasteiger partial charge in [0.2, 0.25) is 5.91 Å². The molecule has 1 atom stereocenters. The lowest BCUT2D eigenvalue weighted by molar-refractivity contribution is -0.121. The maximum atomic E-state index is 14.0. The Labute approximate surface area is 148 Å². The number of likely N-dealkylation sites (N-methyl/N-ethyl adjacent to an activating group) is 1. The first-order chi connectivity index (χ1) is 12.5. The zero-order chi connectivity index (χ0) is 18.3. The molecule has 0 radical (unpaired) electrons. The Hall–Kier alpha value is -3.00. The van der Waals surface area contributed by atoms with E-state index in [1.807, 2.05) is 11.9 Å². The molecule has 1 N–H and O–H groups in total. The van der Waals surface area contributed by atoms with E-state index in [4.69, 9.17) is 0 Å². The summed E-state index contributed by atoms with van der Waals surface area (Å²) in [7, 11) is 1.81. The molecule has 0 saturated carbocycles. The van der Waals surface area contributed by atoms with Crippen LogP contribution in [0.4, 0.5) is 10.1 Å². The highest BCUT2D eigenvalue weighted by molar-refractivity contribution is 5.99. The van der Waals surface area contributed by atoms with Crippen molar-refractivity contribution in [3.63, 3.8) is 0 Å². The van der Waals surface area contributed by atoms with E-state index in [9.17, 15) is 14.0 Å². The molecule has 134 valence electrons. The molecule has 3 aromatic rings. The number of carbonyl (C=O) groups is 1. The Morgan fingerprint density at radius 3 is 2.92 bits per heavy atom. The van der Waals surface area contributed by atoms with Crippen molar-refractivity contribution >= 4 is 17.2 Å². The van der Waals surface area contributed by atoms with Gasteiger partial charge in [0, 0.05) is 31.4 Å². The van der Waals surface area contributed by atoms with Crippen LogP contribution in [0.1, 0.15) is 12.1 Å². The fourth-order valence-corrected chi connectivity index (χ4v) is 3.41. The molecule has 1 amide bonds. The summed E-state index contributed by atoms with van der Waals surface area (Å²) < 4.78 is 15.3. The Balaban J connectivity index is 1.53. The van der Waals surface area contributed by atoms with E-state index < -0.39 is 5.82 Å². The number of amides is 1. The third kappa shape index (κ3) is 2.78. The predicted octanol–water partition coefficient (Wildman–Crippen LogP) is 1.40. The lowest BCUT2D eigenvalue weighted by Gasteiger charge is -2.23. The molecule has 1 saturated heterocycles. The van der Waals surface area contributed by atoms with E-state index in [-0.39, 0.29) is 17.5 Å². The quantitative estimate of drug-likeness (QED) is 0.768. The third-order valence-corrected chi connectivity index (χ3v) is 4.70. The number of nitrogens with zero attached hydrogens (tertiary/aromatic N) is 4. The van der Waals surface area contributed by atoms with Crippen LogP contribution in [0.25, 0.3) is 5.65 Å². The number of nitrogens with one attached hydrogen (secondary N) is 1. The van der Waals surface area contributed by atoms with Gasteiger partial charge in [-0.25, -0.2) is 13.9 Å². The number of aromatic nitrogens is 3. The molecular weight excluding hydrogens is 337 g/mol. The van der Waals surface area contributed by atoms with Crippen molar-refractivity contribution in [3.05, 3.63) is 64.5 Å². The summed E-state index contributed by atoms with van der Waals surface area (Å²) in [6.07, 6.45) is 2.24. The van der Waals surface area contributed by atoms with Crippen molar-refractivity contribution < 1.29 is 9.18 Å². The van der Waals surface area contributed by atoms with E-state index in [1.165, 1.54) is 21.5 Å². The van der Waals surface area contributed by atoms with Gasteiger partial charge in [-0.05, 0) is 25.6 Å². The molecule has 8 heteroatoms. The Morgan fingerprint density at radius 1 is 1.31 bits per heavy atom. The number of para-hydroxylation sites is 1. The zero-order valence-corrected chi connectivity index (χ0v) is 14.2. The average Bonchev–Trinajstić information content (AvgIpc) is 3.22. The number of anilines is 1. The van der Waals surface area contributed by atoms with Crippen molar-refractivity contribution in [2.45, 2.75) is 19.0 Å². The first-order valence-corrected chi connectivity index (χ1v) is 8.37. The second-order valence-corrected chi connectivity index (χ2v) is 6.40. The molecule has 2 aromatic heterocycles. The fourth-order valence-electron chi connectivity index (χ4n) is 3.41. The van der Waals surface area contributed by atoms with Crippen LogP contribution in [0.3, 0.4) is 0 Å². The highest BCUT2D eigenvalue weighted by Gasteiger charge is 2.36. The van der Waals surface area contributed by atoms with Gasteiger partial charge in [-0.2, -0.15) is 0 Å². The molecule has 0 spiro atoms. The summed E-state index contributed by atoms with van der Waals surface area (Å²) >= 11 is 0. The summed E-state index contributed by atoms with van der Waals surface area (Å²) in [5.74, 6) is -0.547. The number of halogens is 1. The lowest BCUT2D eigenvalue weighted by atomic mass is 10.2. The summed E-state index contributed by atoms with van der Waals surface area (Å²) in [5, 5.41) is 2.79. The maximum absolute atomic E-state index is 14.0. The molecule has 0 aliphatic carbocycles. The minimum Gasteiger partial charge on any atom is -0.308 e. The zero-order valence-electron chi connectivity index (χ0n) is 14.2. The van der Waals surface area contributed by atoms with Crippen LogP contribution in [-0.2, 0) is 11.3 Å². The topological polar surface area (TPSA) is 73.7 Å². The summed E-state index contributed by atoms with van der Waals surface area (Å²) in [6, 6.07) is 9.07. The SMILES string of the molecule is CN(Cc1cc(=O)n2[nH]ccc2n1)C1CCN(c2ccccc2F)C1=O. The van der Waals surface area contributed by atoms with Crippen LogP contribution < -0.4 is 10.5 Å². The van der Waals surface area contributed by atoms with Gasteiger partial charge in [0.05, 0.1) is 17.4 Å². The molecule has 1 aromatic carbocycles. The number of fused-ring (bicyclic) bond motifs is 1. The highest BCUT2D eigenvalue weighted by Crippen LogP contribution is 2.26. The molecule has 7 nitrogen and oxygen atoms in total. The number of hydrogen-bond donors (Lipinski definition) is 1. The standard InChI is InChI=1S/C18H18FN5O2/c1-22(11-12-10-17(25)24-16(21-12)6-8-20-24)15-7-9-23(18(15)26)14-5-3-2-4-13(14)19/h2-6,8,10,15,20H,7,9,11H2,1H3. The van der Waals surface area contributed by atoms with Gasteiger partial charge >= 0.3 is 0 Å². The summed E-state index contributed by atoms with van der Waals surface area (Å²) in [6.45, 7) is 0.820. The van der Waals surface area contributed by atoms with Gasteiger partial charge in [0.25, 0.3) is 5.56 Å². The van der Waals surface area contributed by atoms with Crippen LogP contribution in [0, 0.1) is 5.82 Å². The van der Waals surface area contributed by atoms with Gasteiger partial charge in [0.15, 0.2) is 5.65 Å². The summed E-state index contributed by atoms with van der Waals surface area (Å²) in [5.41, 5.74) is 1.23. The number of H-pyrrole nitrogens is 1. The van der Waals surface area contributed by atoms with Crippen LogP contribution >= 0.6 is 0 Å². The molecular formula is C18H18FN5O2. The molecule has 1 fully saturated rings.